The lowest BCUT2D eigenvalue weighted by molar-refractivity contribution is -0.119. The summed E-state index contributed by atoms with van der Waals surface area (Å²) >= 11 is 1.12. The summed E-state index contributed by atoms with van der Waals surface area (Å²) in [4.78, 5) is 23.8. The maximum atomic E-state index is 12.0. The first-order valence-corrected chi connectivity index (χ1v) is 8.58. The van der Waals surface area contributed by atoms with E-state index in [9.17, 15) is 9.59 Å². The number of hydrogen-bond acceptors (Lipinski definition) is 5. The van der Waals surface area contributed by atoms with E-state index in [2.05, 4.69) is 28.0 Å². The fraction of sp³-hybridized carbons (Fsp3) is 0.278. The minimum atomic E-state index is -0.971. The van der Waals surface area contributed by atoms with E-state index < -0.39 is 5.97 Å². The zero-order valence-electron chi connectivity index (χ0n) is 14.6. The van der Waals surface area contributed by atoms with Crippen LogP contribution in [-0.2, 0) is 4.79 Å². The van der Waals surface area contributed by atoms with Crippen LogP contribution in [-0.4, -0.2) is 29.2 Å². The van der Waals surface area contributed by atoms with Gasteiger partial charge in [-0.05, 0) is 51.0 Å². The molecule has 0 unspecified atom stereocenters. The van der Waals surface area contributed by atoms with Gasteiger partial charge in [0, 0.05) is 5.69 Å². The van der Waals surface area contributed by atoms with Gasteiger partial charge in [0.05, 0.1) is 17.1 Å². The molecule has 132 valence electrons. The predicted octanol–water partition coefficient (Wildman–Crippen LogP) is 3.32. The molecule has 1 aromatic carbocycles. The number of carbonyl (C=O) groups is 2. The van der Waals surface area contributed by atoms with Crippen LogP contribution < -0.4 is 10.7 Å². The maximum absolute atomic E-state index is 12.0. The Kier molecular flexibility index (Phi) is 5.93. The first-order valence-electron chi connectivity index (χ1n) is 7.76. The molecule has 0 atom stereocenters. The van der Waals surface area contributed by atoms with Crippen molar-refractivity contribution in [3.05, 3.63) is 50.7 Å². The highest BCUT2D eigenvalue weighted by atomic mass is 32.1. The van der Waals surface area contributed by atoms with Crippen LogP contribution in [0.3, 0.4) is 0 Å². The van der Waals surface area contributed by atoms with Gasteiger partial charge in [-0.2, -0.15) is 5.10 Å². The monoisotopic (exact) mass is 359 g/mol. The second kappa shape index (κ2) is 7.94. The van der Waals surface area contributed by atoms with E-state index in [0.717, 1.165) is 28.2 Å². The Balaban J connectivity index is 1.95. The molecule has 25 heavy (non-hydrogen) atoms. The van der Waals surface area contributed by atoms with Crippen molar-refractivity contribution in [1.82, 2.24) is 5.43 Å². The van der Waals surface area contributed by atoms with Gasteiger partial charge in [0.1, 0.15) is 4.88 Å². The number of rotatable bonds is 6. The van der Waals surface area contributed by atoms with Gasteiger partial charge in [-0.3, -0.25) is 4.79 Å². The number of hydrogen-bond donors (Lipinski definition) is 3. The van der Waals surface area contributed by atoms with Crippen LogP contribution in [0.25, 0.3) is 0 Å². The Labute approximate surface area is 150 Å². The number of anilines is 1. The molecule has 2 rings (SSSR count). The maximum Gasteiger partial charge on any atom is 0.345 e. The first kappa shape index (κ1) is 18.7. The minimum absolute atomic E-state index is 0.104. The lowest BCUT2D eigenvalue weighted by Gasteiger charge is -2.13. The second-order valence-corrected chi connectivity index (χ2v) is 6.91. The molecule has 0 bridgehead atoms. The molecule has 7 heteroatoms. The molecule has 0 saturated heterocycles. The molecule has 1 aromatic heterocycles. The fourth-order valence-electron chi connectivity index (χ4n) is 2.52. The van der Waals surface area contributed by atoms with Crippen molar-refractivity contribution in [3.8, 4) is 0 Å². The molecular formula is C18H21N3O3S. The number of carboxylic acid groups (broad SMARTS) is 1. The summed E-state index contributed by atoms with van der Waals surface area (Å²) in [6.45, 7) is 7.86. The minimum Gasteiger partial charge on any atom is -0.477 e. The zero-order valence-corrected chi connectivity index (χ0v) is 15.5. The Morgan fingerprint density at radius 1 is 1.12 bits per heavy atom. The molecule has 6 nitrogen and oxygen atoms in total. The summed E-state index contributed by atoms with van der Waals surface area (Å²) in [6.07, 6.45) is 0. The standard InChI is InChI=1S/C18H21N3O3S/c1-10-7-11(2)17(12(3)8-10)19-9-16(22)21-20-13(4)14-5-6-15(25-14)18(23)24/h5-8,19H,9H2,1-4H3,(H,21,22)(H,23,24)/b20-13-. The average molecular weight is 359 g/mol. The van der Waals surface area contributed by atoms with Gasteiger partial charge in [-0.25, -0.2) is 10.2 Å². The van der Waals surface area contributed by atoms with Gasteiger partial charge in [-0.15, -0.1) is 11.3 Å². The van der Waals surface area contributed by atoms with E-state index in [4.69, 9.17) is 5.11 Å². The third-order valence-electron chi connectivity index (χ3n) is 3.62. The van der Waals surface area contributed by atoms with Crippen molar-refractivity contribution in [3.63, 3.8) is 0 Å². The largest absolute Gasteiger partial charge is 0.477 e. The van der Waals surface area contributed by atoms with E-state index in [1.54, 1.807) is 13.0 Å². The van der Waals surface area contributed by atoms with Gasteiger partial charge >= 0.3 is 5.97 Å². The van der Waals surface area contributed by atoms with Gasteiger partial charge < -0.3 is 10.4 Å². The molecule has 0 saturated carbocycles. The molecule has 0 spiro atoms. The molecule has 3 N–H and O–H groups in total. The average Bonchev–Trinajstić information content (AvgIpc) is 3.01. The van der Waals surface area contributed by atoms with Crippen molar-refractivity contribution in [2.75, 3.05) is 11.9 Å². The van der Waals surface area contributed by atoms with Gasteiger partial charge in [0.2, 0.25) is 0 Å². The number of nitrogens with zero attached hydrogens (tertiary/aromatic N) is 1. The topological polar surface area (TPSA) is 90.8 Å². The molecule has 0 aliphatic carbocycles. The molecule has 1 amide bonds. The van der Waals surface area contributed by atoms with Crippen LogP contribution in [0.5, 0.6) is 0 Å². The van der Waals surface area contributed by atoms with Crippen molar-refractivity contribution in [2.24, 2.45) is 5.10 Å². The predicted molar refractivity (Wildman–Crippen MR) is 101 cm³/mol. The number of amides is 1. The highest BCUT2D eigenvalue weighted by molar-refractivity contribution is 7.15. The molecule has 2 aromatic rings. The zero-order chi connectivity index (χ0) is 18.6. The van der Waals surface area contributed by atoms with Gasteiger partial charge in [-0.1, -0.05) is 17.7 Å². The van der Waals surface area contributed by atoms with E-state index in [-0.39, 0.29) is 17.3 Å². The number of hydrazone groups is 1. The Bertz CT molecular complexity index is 817. The van der Waals surface area contributed by atoms with Crippen LogP contribution in [0.4, 0.5) is 5.69 Å². The van der Waals surface area contributed by atoms with E-state index >= 15 is 0 Å². The molecule has 0 fully saturated rings. The highest BCUT2D eigenvalue weighted by Crippen LogP contribution is 2.21. The van der Waals surface area contributed by atoms with Crippen LogP contribution >= 0.6 is 11.3 Å². The number of carbonyl (C=O) groups excluding carboxylic acids is 1. The smallest absolute Gasteiger partial charge is 0.345 e. The SMILES string of the molecule is C/C(=N/NC(=O)CNc1c(C)cc(C)cc1C)c1ccc(C(=O)O)s1. The summed E-state index contributed by atoms with van der Waals surface area (Å²) < 4.78 is 0. The summed E-state index contributed by atoms with van der Waals surface area (Å²) in [5.41, 5.74) is 7.36. The van der Waals surface area contributed by atoms with Gasteiger partial charge in [0.15, 0.2) is 0 Å². The molecule has 1 heterocycles. The third kappa shape index (κ3) is 4.90. The lowest BCUT2D eigenvalue weighted by atomic mass is 10.1. The molecule has 0 aliphatic heterocycles. The normalized spacial score (nSPS) is 11.3. The van der Waals surface area contributed by atoms with E-state index in [1.165, 1.54) is 11.6 Å². The number of benzene rings is 1. The third-order valence-corrected chi connectivity index (χ3v) is 4.81. The van der Waals surface area contributed by atoms with Crippen molar-refractivity contribution >= 4 is 34.6 Å². The number of nitrogens with one attached hydrogen (secondary N) is 2. The van der Waals surface area contributed by atoms with Crippen LogP contribution in [0.2, 0.25) is 0 Å². The summed E-state index contributed by atoms with van der Waals surface area (Å²) in [5, 5.41) is 16.1. The molecular weight excluding hydrogens is 338 g/mol. The lowest BCUT2D eigenvalue weighted by Crippen LogP contribution is -2.27. The first-order chi connectivity index (χ1) is 11.8. The summed E-state index contributed by atoms with van der Waals surface area (Å²) in [7, 11) is 0. The van der Waals surface area contributed by atoms with Crippen LogP contribution in [0.15, 0.2) is 29.4 Å². The van der Waals surface area contributed by atoms with E-state index in [1.807, 2.05) is 20.8 Å². The summed E-state index contributed by atoms with van der Waals surface area (Å²) in [6, 6.07) is 7.32. The van der Waals surface area contributed by atoms with Crippen molar-refractivity contribution in [2.45, 2.75) is 27.7 Å². The van der Waals surface area contributed by atoms with E-state index in [0.29, 0.717) is 10.6 Å². The van der Waals surface area contributed by atoms with Crippen LogP contribution in [0.1, 0.15) is 38.2 Å². The van der Waals surface area contributed by atoms with Crippen molar-refractivity contribution in [1.29, 1.82) is 0 Å². The molecule has 0 radical (unpaired) electrons. The number of thiophene rings is 1. The number of aryl methyl sites for hydroxylation is 3. The molecule has 0 aliphatic rings. The Hall–Kier alpha value is -2.67. The van der Waals surface area contributed by atoms with Crippen molar-refractivity contribution < 1.29 is 14.7 Å². The second-order valence-electron chi connectivity index (χ2n) is 5.83. The Morgan fingerprint density at radius 3 is 2.28 bits per heavy atom. The summed E-state index contributed by atoms with van der Waals surface area (Å²) in [5.74, 6) is -1.24. The number of aromatic carboxylic acids is 1. The Morgan fingerprint density at radius 2 is 1.72 bits per heavy atom. The highest BCUT2D eigenvalue weighted by Gasteiger charge is 2.10. The fourth-order valence-corrected chi connectivity index (χ4v) is 3.31. The quantitative estimate of drug-likeness (QED) is 0.545. The van der Waals surface area contributed by atoms with Gasteiger partial charge in [0.25, 0.3) is 5.91 Å². The number of carboxylic acids is 1. The van der Waals surface area contributed by atoms with Crippen LogP contribution in [0, 0.1) is 20.8 Å².